The van der Waals surface area contributed by atoms with Crippen LogP contribution in [0.25, 0.3) is 21.8 Å². The number of aromatic amines is 1. The van der Waals surface area contributed by atoms with E-state index >= 15 is 0 Å². The molecule has 1 saturated heterocycles. The van der Waals surface area contributed by atoms with Crippen LogP contribution in [0, 0.1) is 0 Å². The van der Waals surface area contributed by atoms with Gasteiger partial charge in [-0.1, -0.05) is 11.6 Å². The van der Waals surface area contributed by atoms with Gasteiger partial charge in [-0.3, -0.25) is 24.5 Å². The van der Waals surface area contributed by atoms with Crippen molar-refractivity contribution in [3.05, 3.63) is 65.7 Å². The number of fused-ring (bicyclic) bond motifs is 3. The van der Waals surface area contributed by atoms with Crippen molar-refractivity contribution < 1.29 is 14.3 Å². The summed E-state index contributed by atoms with van der Waals surface area (Å²) < 4.78 is 6.01. The molecule has 3 aromatic heterocycles. The molecule has 38 heavy (non-hydrogen) atoms. The van der Waals surface area contributed by atoms with Crippen molar-refractivity contribution in [3.63, 3.8) is 0 Å². The number of aromatic nitrogens is 3. The standard InChI is InChI=1S/C28H31ClN6O3/c1-4-34(14-18-5-8-30-9-6-18)25(36)15-35-17-28(2,3)38-16-24(35)27(37)33-22-12-19(29)11-21-20-7-10-31-13-23(20)32-26(21)22/h5-13,24,32H,4,14-17H2,1-3H3,(H,33,37)/t24-/m0/s1. The molecule has 1 aliphatic rings. The lowest BCUT2D eigenvalue weighted by Crippen LogP contribution is -2.60. The summed E-state index contributed by atoms with van der Waals surface area (Å²) in [6, 6.07) is 8.65. The van der Waals surface area contributed by atoms with Gasteiger partial charge in [-0.05, 0) is 56.7 Å². The molecule has 198 valence electrons. The lowest BCUT2D eigenvalue weighted by Gasteiger charge is -2.43. The molecule has 9 nitrogen and oxygen atoms in total. The largest absolute Gasteiger partial charge is 0.372 e. The van der Waals surface area contributed by atoms with Gasteiger partial charge >= 0.3 is 0 Å². The maximum atomic E-state index is 13.6. The molecule has 2 amide bonds. The first-order chi connectivity index (χ1) is 18.2. The number of H-pyrrole nitrogens is 1. The molecule has 1 atom stereocenters. The van der Waals surface area contributed by atoms with Crippen molar-refractivity contribution >= 4 is 50.9 Å². The highest BCUT2D eigenvalue weighted by atomic mass is 35.5. The second-order valence-electron chi connectivity index (χ2n) is 10.2. The van der Waals surface area contributed by atoms with Gasteiger partial charge in [-0.15, -0.1) is 0 Å². The van der Waals surface area contributed by atoms with Gasteiger partial charge in [0, 0.05) is 54.0 Å². The SMILES string of the molecule is CCN(Cc1ccncc1)C(=O)CN1CC(C)(C)OC[C@H]1C(=O)Nc1cc(Cl)cc2c1[nH]c1cnccc12. The van der Waals surface area contributed by atoms with E-state index < -0.39 is 11.6 Å². The number of halogens is 1. The number of pyridine rings is 2. The molecule has 4 heterocycles. The number of rotatable bonds is 7. The lowest BCUT2D eigenvalue weighted by atomic mass is 10.0. The number of carbonyl (C=O) groups excluding carboxylic acids is 2. The molecule has 0 saturated carbocycles. The van der Waals surface area contributed by atoms with Crippen LogP contribution >= 0.6 is 11.6 Å². The highest BCUT2D eigenvalue weighted by molar-refractivity contribution is 6.33. The zero-order valence-electron chi connectivity index (χ0n) is 21.7. The number of hydrogen-bond donors (Lipinski definition) is 2. The number of amides is 2. The smallest absolute Gasteiger partial charge is 0.244 e. The Balaban J connectivity index is 1.37. The second-order valence-corrected chi connectivity index (χ2v) is 10.6. The maximum Gasteiger partial charge on any atom is 0.244 e. The molecule has 10 heteroatoms. The Hall–Kier alpha value is -3.53. The van der Waals surface area contributed by atoms with Crippen LogP contribution < -0.4 is 5.32 Å². The van der Waals surface area contributed by atoms with E-state index in [1.54, 1.807) is 35.8 Å². The fourth-order valence-electron chi connectivity index (χ4n) is 4.95. The molecule has 2 N–H and O–H groups in total. The minimum absolute atomic E-state index is 0.0481. The van der Waals surface area contributed by atoms with Gasteiger partial charge in [0.05, 0.1) is 41.7 Å². The number of nitrogens with one attached hydrogen (secondary N) is 2. The first kappa shape index (κ1) is 26.1. The van der Waals surface area contributed by atoms with Crippen LogP contribution in [-0.2, 0) is 20.9 Å². The summed E-state index contributed by atoms with van der Waals surface area (Å²) in [4.78, 5) is 42.3. The fourth-order valence-corrected chi connectivity index (χ4v) is 5.17. The Kier molecular flexibility index (Phi) is 7.34. The average Bonchev–Trinajstić information content (AvgIpc) is 3.26. The van der Waals surface area contributed by atoms with E-state index in [9.17, 15) is 9.59 Å². The molecule has 0 aliphatic carbocycles. The minimum Gasteiger partial charge on any atom is -0.372 e. The van der Waals surface area contributed by atoms with Crippen LogP contribution in [0.2, 0.25) is 5.02 Å². The molecule has 1 fully saturated rings. The molecule has 4 aromatic rings. The third kappa shape index (κ3) is 5.50. The Morgan fingerprint density at radius 1 is 1.18 bits per heavy atom. The summed E-state index contributed by atoms with van der Waals surface area (Å²) in [6.45, 7) is 7.63. The van der Waals surface area contributed by atoms with Crippen molar-refractivity contribution in [2.45, 2.75) is 39.0 Å². The van der Waals surface area contributed by atoms with Gasteiger partial charge in [0.15, 0.2) is 0 Å². The number of anilines is 1. The monoisotopic (exact) mass is 534 g/mol. The minimum atomic E-state index is -0.647. The van der Waals surface area contributed by atoms with E-state index in [1.807, 2.05) is 49.9 Å². The number of ether oxygens (including phenoxy) is 1. The number of benzene rings is 1. The normalized spacial score (nSPS) is 17.5. The van der Waals surface area contributed by atoms with E-state index in [2.05, 4.69) is 20.3 Å². The Labute approximate surface area is 226 Å². The van der Waals surface area contributed by atoms with Crippen LogP contribution in [0.15, 0.2) is 55.1 Å². The van der Waals surface area contributed by atoms with Crippen LogP contribution in [0.1, 0.15) is 26.3 Å². The van der Waals surface area contributed by atoms with E-state index in [-0.39, 0.29) is 25.0 Å². The summed E-state index contributed by atoms with van der Waals surface area (Å²) in [5.74, 6) is -0.307. The maximum absolute atomic E-state index is 13.6. The van der Waals surface area contributed by atoms with Crippen LogP contribution in [0.5, 0.6) is 0 Å². The zero-order valence-corrected chi connectivity index (χ0v) is 22.5. The van der Waals surface area contributed by atoms with Gasteiger partial charge in [-0.2, -0.15) is 0 Å². The number of nitrogens with zero attached hydrogens (tertiary/aromatic N) is 4. The molecular weight excluding hydrogens is 504 g/mol. The lowest BCUT2D eigenvalue weighted by molar-refractivity contribution is -0.150. The van der Waals surface area contributed by atoms with Crippen molar-refractivity contribution in [2.75, 3.05) is 31.6 Å². The number of carbonyl (C=O) groups is 2. The molecule has 1 aliphatic heterocycles. The van der Waals surface area contributed by atoms with Crippen LogP contribution in [0.3, 0.4) is 0 Å². The summed E-state index contributed by atoms with van der Waals surface area (Å²) in [7, 11) is 0. The zero-order chi connectivity index (χ0) is 26.9. The van der Waals surface area contributed by atoms with E-state index in [0.29, 0.717) is 30.3 Å². The van der Waals surface area contributed by atoms with Crippen molar-refractivity contribution in [2.24, 2.45) is 0 Å². The Morgan fingerprint density at radius 2 is 1.95 bits per heavy atom. The van der Waals surface area contributed by atoms with Gasteiger partial charge in [-0.25, -0.2) is 0 Å². The number of morpholine rings is 1. The summed E-state index contributed by atoms with van der Waals surface area (Å²) in [5, 5.41) is 5.41. The fraction of sp³-hybridized carbons (Fsp3) is 0.357. The predicted octanol–water partition coefficient (Wildman–Crippen LogP) is 4.23. The molecular formula is C28H31ClN6O3. The van der Waals surface area contributed by atoms with Gasteiger partial charge < -0.3 is 19.9 Å². The Bertz CT molecular complexity index is 1470. The topological polar surface area (TPSA) is 103 Å². The highest BCUT2D eigenvalue weighted by Gasteiger charge is 2.39. The summed E-state index contributed by atoms with van der Waals surface area (Å²) in [5.41, 5.74) is 2.69. The summed E-state index contributed by atoms with van der Waals surface area (Å²) in [6.07, 6.45) is 6.90. The molecule has 0 bridgehead atoms. The summed E-state index contributed by atoms with van der Waals surface area (Å²) >= 11 is 6.43. The predicted molar refractivity (Wildman–Crippen MR) is 148 cm³/mol. The van der Waals surface area contributed by atoms with Gasteiger partial charge in [0.1, 0.15) is 6.04 Å². The van der Waals surface area contributed by atoms with Crippen molar-refractivity contribution in [1.82, 2.24) is 24.8 Å². The van der Waals surface area contributed by atoms with Gasteiger partial charge in [0.2, 0.25) is 11.8 Å². The van der Waals surface area contributed by atoms with E-state index in [4.69, 9.17) is 16.3 Å². The van der Waals surface area contributed by atoms with Crippen molar-refractivity contribution in [3.8, 4) is 0 Å². The van der Waals surface area contributed by atoms with E-state index in [0.717, 1.165) is 27.4 Å². The highest BCUT2D eigenvalue weighted by Crippen LogP contribution is 2.33. The van der Waals surface area contributed by atoms with Crippen LogP contribution in [0.4, 0.5) is 5.69 Å². The number of hydrogen-bond acceptors (Lipinski definition) is 6. The van der Waals surface area contributed by atoms with Crippen LogP contribution in [-0.4, -0.2) is 74.5 Å². The molecule has 0 spiro atoms. The van der Waals surface area contributed by atoms with E-state index in [1.165, 1.54) is 0 Å². The third-order valence-corrected chi connectivity index (χ3v) is 7.10. The first-order valence-electron chi connectivity index (χ1n) is 12.6. The first-order valence-corrected chi connectivity index (χ1v) is 13.0. The average molecular weight is 535 g/mol. The molecule has 0 radical (unpaired) electrons. The van der Waals surface area contributed by atoms with Crippen molar-refractivity contribution in [1.29, 1.82) is 0 Å². The Morgan fingerprint density at radius 3 is 2.71 bits per heavy atom. The molecule has 1 aromatic carbocycles. The molecule has 0 unspecified atom stereocenters. The number of likely N-dealkylation sites (N-methyl/N-ethyl adjacent to an activating group) is 1. The molecule has 5 rings (SSSR count). The second kappa shape index (κ2) is 10.7. The van der Waals surface area contributed by atoms with Gasteiger partial charge in [0.25, 0.3) is 0 Å². The quantitative estimate of drug-likeness (QED) is 0.368. The third-order valence-electron chi connectivity index (χ3n) is 6.89.